The zero-order valence-electron chi connectivity index (χ0n) is 9.41. The Hall–Kier alpha value is -2.04. The Bertz CT molecular complexity index is 509. The molecule has 0 aliphatic rings. The van der Waals surface area contributed by atoms with Gasteiger partial charge >= 0.3 is 6.18 Å². The van der Waals surface area contributed by atoms with E-state index in [0.717, 1.165) is 6.07 Å². The lowest BCUT2D eigenvalue weighted by Crippen LogP contribution is -2.11. The number of benzene rings is 1. The Kier molecular flexibility index (Phi) is 3.50. The Morgan fingerprint density at radius 3 is 2.39 bits per heavy atom. The van der Waals surface area contributed by atoms with E-state index in [0.29, 0.717) is 5.69 Å². The number of pyridine rings is 1. The first-order valence-corrected chi connectivity index (χ1v) is 5.37. The molecule has 0 bridgehead atoms. The van der Waals surface area contributed by atoms with Gasteiger partial charge in [-0.2, -0.15) is 13.2 Å². The second-order valence-corrected chi connectivity index (χ2v) is 3.72. The topological polar surface area (TPSA) is 24.9 Å². The molecule has 1 heterocycles. The lowest BCUT2D eigenvalue weighted by atomic mass is 10.1. The van der Waals surface area contributed by atoms with Crippen LogP contribution in [0.1, 0.15) is 11.3 Å². The van der Waals surface area contributed by atoms with E-state index in [1.807, 2.05) is 0 Å². The average Bonchev–Trinajstić information content (AvgIpc) is 2.37. The molecule has 1 aromatic heterocycles. The molecule has 1 aromatic carbocycles. The van der Waals surface area contributed by atoms with Crippen molar-refractivity contribution in [3.8, 4) is 0 Å². The van der Waals surface area contributed by atoms with Crippen molar-refractivity contribution < 1.29 is 13.2 Å². The largest absolute Gasteiger partial charge is 0.418 e. The first-order valence-electron chi connectivity index (χ1n) is 5.37. The maximum atomic E-state index is 12.7. The summed E-state index contributed by atoms with van der Waals surface area (Å²) < 4.78 is 38.2. The Balaban J connectivity index is 2.15. The molecule has 1 N–H and O–H groups in total. The summed E-state index contributed by atoms with van der Waals surface area (Å²) in [5.74, 6) is 0. The van der Waals surface area contributed by atoms with E-state index < -0.39 is 11.7 Å². The molecule has 5 heteroatoms. The van der Waals surface area contributed by atoms with Crippen LogP contribution in [0, 0.1) is 0 Å². The van der Waals surface area contributed by atoms with Crippen molar-refractivity contribution in [1.82, 2.24) is 4.98 Å². The minimum absolute atomic E-state index is 0.0654. The van der Waals surface area contributed by atoms with Gasteiger partial charge in [0.05, 0.1) is 17.8 Å². The summed E-state index contributed by atoms with van der Waals surface area (Å²) in [4.78, 5) is 4.04. The van der Waals surface area contributed by atoms with Crippen molar-refractivity contribution in [2.45, 2.75) is 12.7 Å². The zero-order chi connectivity index (χ0) is 13.0. The van der Waals surface area contributed by atoms with Gasteiger partial charge in [0.2, 0.25) is 0 Å². The van der Waals surface area contributed by atoms with E-state index in [-0.39, 0.29) is 12.2 Å². The fourth-order valence-electron chi connectivity index (χ4n) is 1.57. The normalized spacial score (nSPS) is 11.3. The molecule has 94 valence electrons. The van der Waals surface area contributed by atoms with E-state index in [4.69, 9.17) is 0 Å². The molecule has 0 fully saturated rings. The van der Waals surface area contributed by atoms with Gasteiger partial charge in [-0.3, -0.25) is 4.98 Å². The first kappa shape index (κ1) is 12.4. The lowest BCUT2D eigenvalue weighted by molar-refractivity contribution is -0.136. The summed E-state index contributed by atoms with van der Waals surface area (Å²) in [6, 6.07) is 10.7. The Morgan fingerprint density at radius 1 is 1.00 bits per heavy atom. The lowest BCUT2D eigenvalue weighted by Gasteiger charge is -2.13. The number of anilines is 1. The monoisotopic (exact) mass is 252 g/mol. The van der Waals surface area contributed by atoms with Crippen LogP contribution in [0.2, 0.25) is 0 Å². The van der Waals surface area contributed by atoms with Crippen molar-refractivity contribution in [1.29, 1.82) is 0 Å². The standard InChI is InChI=1S/C13H11F3N2/c14-13(15,16)11-6-1-2-7-12(11)18-9-10-5-3-4-8-17-10/h1-8,18H,9H2. The van der Waals surface area contributed by atoms with Crippen molar-refractivity contribution in [2.75, 3.05) is 5.32 Å². The number of hydrogen-bond donors (Lipinski definition) is 1. The second kappa shape index (κ2) is 5.08. The summed E-state index contributed by atoms with van der Waals surface area (Å²) in [6.45, 7) is 0.258. The third-order valence-electron chi connectivity index (χ3n) is 2.42. The van der Waals surface area contributed by atoms with Crippen LogP contribution in [0.25, 0.3) is 0 Å². The minimum Gasteiger partial charge on any atom is -0.379 e. The molecule has 0 amide bonds. The summed E-state index contributed by atoms with van der Waals surface area (Å²) in [7, 11) is 0. The average molecular weight is 252 g/mol. The van der Waals surface area contributed by atoms with Crippen LogP contribution in [0.3, 0.4) is 0 Å². The van der Waals surface area contributed by atoms with Crippen molar-refractivity contribution in [3.63, 3.8) is 0 Å². The third kappa shape index (κ3) is 3.00. The molecule has 0 radical (unpaired) electrons. The molecule has 2 rings (SSSR count). The van der Waals surface area contributed by atoms with Gasteiger partial charge in [-0.25, -0.2) is 0 Å². The summed E-state index contributed by atoms with van der Waals surface area (Å²) in [5.41, 5.74) is 0.0889. The van der Waals surface area contributed by atoms with Crippen LogP contribution in [-0.2, 0) is 12.7 Å². The summed E-state index contributed by atoms with van der Waals surface area (Å²) >= 11 is 0. The molecule has 2 nitrogen and oxygen atoms in total. The van der Waals surface area contributed by atoms with Crippen molar-refractivity contribution in [2.24, 2.45) is 0 Å². The Labute approximate surface area is 102 Å². The highest BCUT2D eigenvalue weighted by Crippen LogP contribution is 2.34. The minimum atomic E-state index is -4.35. The predicted octanol–water partition coefficient (Wildman–Crippen LogP) is 3.71. The van der Waals surface area contributed by atoms with E-state index in [2.05, 4.69) is 10.3 Å². The van der Waals surface area contributed by atoms with Crippen molar-refractivity contribution >= 4 is 5.69 Å². The van der Waals surface area contributed by atoms with Gasteiger partial charge < -0.3 is 5.32 Å². The van der Waals surface area contributed by atoms with Gasteiger partial charge in [0.15, 0.2) is 0 Å². The number of hydrogen-bond acceptors (Lipinski definition) is 2. The third-order valence-corrected chi connectivity index (χ3v) is 2.42. The molecule has 18 heavy (non-hydrogen) atoms. The van der Waals surface area contributed by atoms with E-state index in [9.17, 15) is 13.2 Å². The molecule has 0 aliphatic carbocycles. The number of rotatable bonds is 3. The zero-order valence-corrected chi connectivity index (χ0v) is 9.41. The van der Waals surface area contributed by atoms with Gasteiger partial charge in [-0.15, -0.1) is 0 Å². The van der Waals surface area contributed by atoms with Crippen LogP contribution >= 0.6 is 0 Å². The number of para-hydroxylation sites is 1. The fraction of sp³-hybridized carbons (Fsp3) is 0.154. The van der Waals surface area contributed by atoms with E-state index >= 15 is 0 Å². The number of nitrogens with one attached hydrogen (secondary N) is 1. The molecule has 0 aliphatic heterocycles. The quantitative estimate of drug-likeness (QED) is 0.900. The molecular weight excluding hydrogens is 241 g/mol. The SMILES string of the molecule is FC(F)(F)c1ccccc1NCc1ccccn1. The molecule has 0 saturated carbocycles. The summed E-state index contributed by atoms with van der Waals surface area (Å²) in [5, 5.41) is 2.75. The number of nitrogens with zero attached hydrogens (tertiary/aromatic N) is 1. The Morgan fingerprint density at radius 2 is 1.72 bits per heavy atom. The van der Waals surface area contributed by atoms with Crippen LogP contribution in [0.4, 0.5) is 18.9 Å². The highest BCUT2D eigenvalue weighted by atomic mass is 19.4. The number of halogens is 3. The maximum absolute atomic E-state index is 12.7. The fourth-order valence-corrected chi connectivity index (χ4v) is 1.57. The first-order chi connectivity index (χ1) is 8.57. The van der Waals surface area contributed by atoms with Gasteiger partial charge in [0.1, 0.15) is 0 Å². The number of alkyl halides is 3. The summed E-state index contributed by atoms with van der Waals surface area (Å²) in [6.07, 6.45) is -2.75. The highest BCUT2D eigenvalue weighted by molar-refractivity contribution is 5.52. The molecule has 0 unspecified atom stereocenters. The molecular formula is C13H11F3N2. The van der Waals surface area contributed by atoms with Crippen LogP contribution in [0.5, 0.6) is 0 Å². The van der Waals surface area contributed by atoms with Gasteiger partial charge in [-0.05, 0) is 24.3 Å². The van der Waals surface area contributed by atoms with E-state index in [1.165, 1.54) is 12.1 Å². The van der Waals surface area contributed by atoms with E-state index in [1.54, 1.807) is 30.5 Å². The number of aromatic nitrogens is 1. The van der Waals surface area contributed by atoms with Gasteiger partial charge in [-0.1, -0.05) is 18.2 Å². The van der Waals surface area contributed by atoms with Crippen LogP contribution < -0.4 is 5.32 Å². The molecule has 0 spiro atoms. The molecule has 2 aromatic rings. The second-order valence-electron chi connectivity index (χ2n) is 3.72. The van der Waals surface area contributed by atoms with Crippen LogP contribution in [-0.4, -0.2) is 4.98 Å². The van der Waals surface area contributed by atoms with Gasteiger partial charge in [0, 0.05) is 11.9 Å². The van der Waals surface area contributed by atoms with Crippen molar-refractivity contribution in [3.05, 3.63) is 59.9 Å². The predicted molar refractivity (Wildman–Crippen MR) is 63.0 cm³/mol. The van der Waals surface area contributed by atoms with Gasteiger partial charge in [0.25, 0.3) is 0 Å². The highest BCUT2D eigenvalue weighted by Gasteiger charge is 2.32. The molecule has 0 saturated heterocycles. The smallest absolute Gasteiger partial charge is 0.379 e. The van der Waals surface area contributed by atoms with Crippen LogP contribution in [0.15, 0.2) is 48.7 Å². The maximum Gasteiger partial charge on any atom is 0.418 e. The molecule has 0 atom stereocenters.